The molecule has 0 atom stereocenters. The van der Waals surface area contributed by atoms with Crippen LogP contribution in [0.3, 0.4) is 0 Å². The van der Waals surface area contributed by atoms with Gasteiger partial charge in [0.2, 0.25) is 0 Å². The van der Waals surface area contributed by atoms with Crippen LogP contribution < -0.4 is 10.1 Å². The summed E-state index contributed by atoms with van der Waals surface area (Å²) in [5.74, 6) is -0.0869. The Morgan fingerprint density at radius 1 is 1.44 bits per heavy atom. The van der Waals surface area contributed by atoms with Crippen molar-refractivity contribution in [2.45, 2.75) is 20.5 Å². The standard InChI is InChI=1S/C12H14FN3OS/c1-3-14-12-9(15-16-18-12)7-17-10-6-4-5-8(2)11(10)13/h4-6,14H,3,7H2,1-2H3. The molecule has 0 radical (unpaired) electrons. The average molecular weight is 267 g/mol. The number of nitrogens with one attached hydrogen (secondary N) is 1. The van der Waals surface area contributed by atoms with E-state index < -0.39 is 0 Å². The number of nitrogens with zero attached hydrogens (tertiary/aromatic N) is 2. The van der Waals surface area contributed by atoms with E-state index in [1.807, 2.05) is 6.92 Å². The predicted octanol–water partition coefficient (Wildman–Crippen LogP) is 3.00. The van der Waals surface area contributed by atoms with E-state index in [4.69, 9.17) is 4.74 Å². The maximum atomic E-state index is 13.7. The van der Waals surface area contributed by atoms with Crippen LogP contribution in [-0.4, -0.2) is 16.1 Å². The minimum atomic E-state index is -0.328. The van der Waals surface area contributed by atoms with Gasteiger partial charge >= 0.3 is 0 Å². The number of ether oxygens (including phenoxy) is 1. The van der Waals surface area contributed by atoms with Crippen LogP contribution in [0.5, 0.6) is 5.75 Å². The SMILES string of the molecule is CCNc1snnc1COc1cccc(C)c1F. The molecule has 18 heavy (non-hydrogen) atoms. The van der Waals surface area contributed by atoms with E-state index in [1.165, 1.54) is 11.5 Å². The van der Waals surface area contributed by atoms with Crippen molar-refractivity contribution in [3.8, 4) is 5.75 Å². The summed E-state index contributed by atoms with van der Waals surface area (Å²) in [7, 11) is 0. The first-order valence-electron chi connectivity index (χ1n) is 5.65. The fourth-order valence-corrected chi connectivity index (χ4v) is 2.11. The Hall–Kier alpha value is -1.69. The van der Waals surface area contributed by atoms with E-state index in [9.17, 15) is 4.39 Å². The number of anilines is 1. The third-order valence-electron chi connectivity index (χ3n) is 2.41. The fourth-order valence-electron chi connectivity index (χ4n) is 1.48. The second-order valence-electron chi connectivity index (χ2n) is 3.75. The smallest absolute Gasteiger partial charge is 0.167 e. The highest BCUT2D eigenvalue weighted by atomic mass is 32.1. The first kappa shape index (κ1) is 12.8. The highest BCUT2D eigenvalue weighted by molar-refractivity contribution is 7.10. The summed E-state index contributed by atoms with van der Waals surface area (Å²) >= 11 is 1.27. The van der Waals surface area contributed by atoms with Gasteiger partial charge in [-0.3, -0.25) is 0 Å². The van der Waals surface area contributed by atoms with Crippen molar-refractivity contribution in [2.24, 2.45) is 0 Å². The molecule has 0 saturated heterocycles. The molecule has 0 aliphatic carbocycles. The highest BCUT2D eigenvalue weighted by Gasteiger charge is 2.10. The van der Waals surface area contributed by atoms with Crippen LogP contribution in [-0.2, 0) is 6.61 Å². The number of rotatable bonds is 5. The Morgan fingerprint density at radius 2 is 2.28 bits per heavy atom. The van der Waals surface area contributed by atoms with Gasteiger partial charge in [0.25, 0.3) is 0 Å². The summed E-state index contributed by atoms with van der Waals surface area (Å²) in [5.41, 5.74) is 1.26. The molecular weight excluding hydrogens is 253 g/mol. The summed E-state index contributed by atoms with van der Waals surface area (Å²) in [6.07, 6.45) is 0. The van der Waals surface area contributed by atoms with Gasteiger partial charge < -0.3 is 10.1 Å². The van der Waals surface area contributed by atoms with Crippen molar-refractivity contribution in [3.05, 3.63) is 35.3 Å². The Kier molecular flexibility index (Phi) is 4.09. The van der Waals surface area contributed by atoms with Crippen LogP contribution in [0.25, 0.3) is 0 Å². The van der Waals surface area contributed by atoms with Gasteiger partial charge in [0.15, 0.2) is 11.6 Å². The van der Waals surface area contributed by atoms with Gasteiger partial charge in [-0.25, -0.2) is 4.39 Å². The van der Waals surface area contributed by atoms with Crippen molar-refractivity contribution in [3.63, 3.8) is 0 Å². The molecule has 0 aliphatic heterocycles. The van der Waals surface area contributed by atoms with Crippen LogP contribution in [0.15, 0.2) is 18.2 Å². The van der Waals surface area contributed by atoms with Crippen LogP contribution in [0.2, 0.25) is 0 Å². The molecule has 0 aliphatic rings. The number of hydrogen-bond donors (Lipinski definition) is 1. The second-order valence-corrected chi connectivity index (χ2v) is 4.51. The molecule has 0 saturated carbocycles. The maximum absolute atomic E-state index is 13.7. The molecule has 0 spiro atoms. The molecule has 96 valence electrons. The molecule has 6 heteroatoms. The van der Waals surface area contributed by atoms with Gasteiger partial charge in [0, 0.05) is 18.1 Å². The molecule has 0 bridgehead atoms. The summed E-state index contributed by atoms with van der Waals surface area (Å²) < 4.78 is 23.0. The Morgan fingerprint density at radius 3 is 3.06 bits per heavy atom. The summed E-state index contributed by atoms with van der Waals surface area (Å²) in [4.78, 5) is 0. The minimum absolute atomic E-state index is 0.208. The van der Waals surface area contributed by atoms with Crippen LogP contribution in [0.4, 0.5) is 9.39 Å². The van der Waals surface area contributed by atoms with Crippen LogP contribution >= 0.6 is 11.5 Å². The lowest BCUT2D eigenvalue weighted by molar-refractivity contribution is 0.285. The molecule has 2 rings (SSSR count). The van der Waals surface area contributed by atoms with Gasteiger partial charge in [-0.1, -0.05) is 16.6 Å². The summed E-state index contributed by atoms with van der Waals surface area (Å²) in [5, 5.41) is 7.96. The number of hydrogen-bond acceptors (Lipinski definition) is 5. The third-order valence-corrected chi connectivity index (χ3v) is 3.14. The lowest BCUT2D eigenvalue weighted by Gasteiger charge is -2.08. The van der Waals surface area contributed by atoms with Crippen LogP contribution in [0.1, 0.15) is 18.2 Å². The molecule has 2 aromatic rings. The first-order valence-corrected chi connectivity index (χ1v) is 6.42. The van der Waals surface area contributed by atoms with Gasteiger partial charge in [-0.2, -0.15) is 0 Å². The second kappa shape index (κ2) is 5.77. The molecule has 1 heterocycles. The Balaban J connectivity index is 2.07. The molecule has 1 aromatic heterocycles. The van der Waals surface area contributed by atoms with E-state index >= 15 is 0 Å². The van der Waals surface area contributed by atoms with Crippen molar-refractivity contribution < 1.29 is 9.13 Å². The molecule has 1 aromatic carbocycles. The lowest BCUT2D eigenvalue weighted by atomic mass is 10.2. The van der Waals surface area contributed by atoms with E-state index in [1.54, 1.807) is 25.1 Å². The largest absolute Gasteiger partial charge is 0.484 e. The zero-order chi connectivity index (χ0) is 13.0. The zero-order valence-corrected chi connectivity index (χ0v) is 11.1. The molecule has 0 unspecified atom stereocenters. The molecule has 1 N–H and O–H groups in total. The monoisotopic (exact) mass is 267 g/mol. The van der Waals surface area contributed by atoms with E-state index in [0.29, 0.717) is 11.3 Å². The van der Waals surface area contributed by atoms with Crippen molar-refractivity contribution in [2.75, 3.05) is 11.9 Å². The lowest BCUT2D eigenvalue weighted by Crippen LogP contribution is -2.03. The quantitative estimate of drug-likeness (QED) is 0.904. The van der Waals surface area contributed by atoms with Crippen molar-refractivity contribution >= 4 is 16.5 Å². The van der Waals surface area contributed by atoms with Gasteiger partial charge in [-0.05, 0) is 25.5 Å². The number of halogens is 1. The van der Waals surface area contributed by atoms with E-state index in [2.05, 4.69) is 14.9 Å². The van der Waals surface area contributed by atoms with Crippen molar-refractivity contribution in [1.29, 1.82) is 0 Å². The van der Waals surface area contributed by atoms with E-state index in [-0.39, 0.29) is 18.2 Å². The van der Waals surface area contributed by atoms with E-state index in [0.717, 1.165) is 11.5 Å². The number of benzene rings is 1. The Labute approximate surface area is 109 Å². The molecular formula is C12H14FN3OS. The number of aromatic nitrogens is 2. The first-order chi connectivity index (χ1) is 8.72. The normalized spacial score (nSPS) is 10.4. The average Bonchev–Trinajstić information content (AvgIpc) is 2.79. The molecule has 0 amide bonds. The fraction of sp³-hybridized carbons (Fsp3) is 0.333. The molecule has 0 fully saturated rings. The van der Waals surface area contributed by atoms with Gasteiger partial charge in [-0.15, -0.1) is 5.10 Å². The minimum Gasteiger partial charge on any atom is -0.484 e. The Bertz CT molecular complexity index is 530. The zero-order valence-electron chi connectivity index (χ0n) is 10.2. The highest BCUT2D eigenvalue weighted by Crippen LogP contribution is 2.23. The summed E-state index contributed by atoms with van der Waals surface area (Å²) in [6.45, 7) is 4.69. The number of aryl methyl sites for hydroxylation is 1. The van der Waals surface area contributed by atoms with Gasteiger partial charge in [0.1, 0.15) is 17.3 Å². The third kappa shape index (κ3) is 2.76. The summed E-state index contributed by atoms with van der Waals surface area (Å²) in [6, 6.07) is 5.07. The van der Waals surface area contributed by atoms with Gasteiger partial charge in [0.05, 0.1) is 0 Å². The maximum Gasteiger partial charge on any atom is 0.167 e. The molecule has 4 nitrogen and oxygen atoms in total. The van der Waals surface area contributed by atoms with Crippen molar-refractivity contribution in [1.82, 2.24) is 9.59 Å². The van der Waals surface area contributed by atoms with Crippen LogP contribution in [0, 0.1) is 12.7 Å². The topological polar surface area (TPSA) is 47.0 Å². The predicted molar refractivity (Wildman–Crippen MR) is 69.5 cm³/mol.